The maximum atomic E-state index is 13.3. The molecule has 8 nitrogen and oxygen atoms in total. The van der Waals surface area contributed by atoms with Gasteiger partial charge < -0.3 is 25.0 Å². The van der Waals surface area contributed by atoms with Crippen molar-refractivity contribution in [2.75, 3.05) is 32.1 Å². The molecule has 3 aromatic rings. The fourth-order valence-electron chi connectivity index (χ4n) is 3.10. The summed E-state index contributed by atoms with van der Waals surface area (Å²) < 4.78 is 23.9. The molecule has 0 heterocycles. The fraction of sp³-hybridized carbons (Fsp3) is 0.192. The summed E-state index contributed by atoms with van der Waals surface area (Å²) in [4.78, 5) is 38.8. The van der Waals surface area contributed by atoms with Crippen LogP contribution < -0.4 is 20.1 Å². The maximum Gasteiger partial charge on any atom is 0.261 e. The minimum Gasteiger partial charge on any atom is -0.497 e. The quantitative estimate of drug-likeness (QED) is 0.408. The number of halogens is 2. The molecular formula is C26H25ClFN3O5. The second-order valence-electron chi connectivity index (χ2n) is 7.67. The molecule has 0 aliphatic heterocycles. The second kappa shape index (κ2) is 13.1. The van der Waals surface area contributed by atoms with Gasteiger partial charge in [0.05, 0.1) is 20.2 Å². The lowest BCUT2D eigenvalue weighted by molar-refractivity contribution is -0.138. The van der Waals surface area contributed by atoms with Crippen molar-refractivity contribution in [1.29, 1.82) is 0 Å². The smallest absolute Gasteiger partial charge is 0.261 e. The van der Waals surface area contributed by atoms with Crippen LogP contribution >= 0.6 is 11.6 Å². The van der Waals surface area contributed by atoms with Gasteiger partial charge in [0, 0.05) is 17.3 Å². The lowest BCUT2D eigenvalue weighted by atomic mass is 10.2. The van der Waals surface area contributed by atoms with Crippen molar-refractivity contribution in [3.8, 4) is 11.5 Å². The largest absolute Gasteiger partial charge is 0.497 e. The Bertz CT molecular complexity index is 1170. The number of hydrogen-bond acceptors (Lipinski definition) is 5. The molecule has 0 fully saturated rings. The summed E-state index contributed by atoms with van der Waals surface area (Å²) in [5, 5.41) is 5.69. The third-order valence-corrected chi connectivity index (χ3v) is 5.22. The van der Waals surface area contributed by atoms with Crippen LogP contribution in [0.2, 0.25) is 5.02 Å². The number of nitrogens with one attached hydrogen (secondary N) is 2. The first-order valence-corrected chi connectivity index (χ1v) is 11.3. The highest BCUT2D eigenvalue weighted by atomic mass is 35.5. The highest BCUT2D eigenvalue weighted by Crippen LogP contribution is 2.16. The Morgan fingerprint density at radius 2 is 1.53 bits per heavy atom. The molecule has 10 heteroatoms. The number of hydrogen-bond donors (Lipinski definition) is 2. The number of ether oxygens (including phenoxy) is 2. The monoisotopic (exact) mass is 513 g/mol. The summed E-state index contributed by atoms with van der Waals surface area (Å²) >= 11 is 5.86. The number of nitrogens with zero attached hydrogens (tertiary/aromatic N) is 1. The van der Waals surface area contributed by atoms with Crippen LogP contribution in [-0.4, -0.2) is 49.4 Å². The molecule has 0 unspecified atom stereocenters. The van der Waals surface area contributed by atoms with E-state index in [0.717, 1.165) is 0 Å². The Morgan fingerprint density at radius 3 is 2.17 bits per heavy atom. The molecule has 0 saturated heterocycles. The first-order valence-electron chi connectivity index (χ1n) is 10.9. The Balaban J connectivity index is 1.56. The zero-order valence-corrected chi connectivity index (χ0v) is 20.3. The summed E-state index contributed by atoms with van der Waals surface area (Å²) in [6, 6.07) is 18.8. The van der Waals surface area contributed by atoms with Crippen LogP contribution in [-0.2, 0) is 20.9 Å². The number of amides is 3. The topological polar surface area (TPSA) is 97.0 Å². The minimum absolute atomic E-state index is 0.0502. The van der Waals surface area contributed by atoms with Gasteiger partial charge >= 0.3 is 0 Å². The third-order valence-electron chi connectivity index (χ3n) is 4.97. The van der Waals surface area contributed by atoms with Crippen molar-refractivity contribution in [3.63, 3.8) is 0 Å². The van der Waals surface area contributed by atoms with Crippen LogP contribution in [0.1, 0.15) is 5.56 Å². The van der Waals surface area contributed by atoms with Gasteiger partial charge in [-0.25, -0.2) is 4.39 Å². The SMILES string of the molecule is COc1ccc(NC(=O)CNC(=O)CN(Cc2ccc(F)cc2)C(=O)COc2ccc(Cl)cc2)cc1. The van der Waals surface area contributed by atoms with Gasteiger partial charge in [-0.2, -0.15) is 0 Å². The first-order chi connectivity index (χ1) is 17.3. The van der Waals surface area contributed by atoms with Gasteiger partial charge in [-0.1, -0.05) is 23.7 Å². The molecule has 0 aromatic heterocycles. The second-order valence-corrected chi connectivity index (χ2v) is 8.11. The molecule has 0 radical (unpaired) electrons. The Morgan fingerprint density at radius 1 is 0.889 bits per heavy atom. The van der Waals surface area contributed by atoms with E-state index in [9.17, 15) is 18.8 Å². The van der Waals surface area contributed by atoms with Gasteiger partial charge in [0.2, 0.25) is 11.8 Å². The van der Waals surface area contributed by atoms with E-state index in [0.29, 0.717) is 27.8 Å². The van der Waals surface area contributed by atoms with Crippen molar-refractivity contribution in [3.05, 3.63) is 89.2 Å². The van der Waals surface area contributed by atoms with Gasteiger partial charge in [0.25, 0.3) is 5.91 Å². The summed E-state index contributed by atoms with van der Waals surface area (Å²) in [5.41, 5.74) is 1.17. The molecule has 3 aromatic carbocycles. The van der Waals surface area contributed by atoms with E-state index >= 15 is 0 Å². The van der Waals surface area contributed by atoms with E-state index in [4.69, 9.17) is 21.1 Å². The van der Waals surface area contributed by atoms with Gasteiger partial charge in [0.1, 0.15) is 17.3 Å². The predicted molar refractivity (Wildman–Crippen MR) is 133 cm³/mol. The van der Waals surface area contributed by atoms with Crippen molar-refractivity contribution < 1.29 is 28.2 Å². The number of benzene rings is 3. The number of anilines is 1. The number of methoxy groups -OCH3 is 1. The van der Waals surface area contributed by atoms with E-state index in [2.05, 4.69) is 10.6 Å². The first kappa shape index (κ1) is 26.5. The van der Waals surface area contributed by atoms with Gasteiger partial charge in [-0.05, 0) is 66.2 Å². The van der Waals surface area contributed by atoms with Crippen LogP contribution in [0.3, 0.4) is 0 Å². The predicted octanol–water partition coefficient (Wildman–Crippen LogP) is 3.65. The van der Waals surface area contributed by atoms with Crippen LogP contribution in [0.25, 0.3) is 0 Å². The summed E-state index contributed by atoms with van der Waals surface area (Å²) in [7, 11) is 1.54. The molecular weight excluding hydrogens is 489 g/mol. The number of carbonyl (C=O) groups excluding carboxylic acids is 3. The molecule has 0 bridgehead atoms. The van der Waals surface area contributed by atoms with Crippen LogP contribution in [0.15, 0.2) is 72.8 Å². The van der Waals surface area contributed by atoms with Crippen molar-refractivity contribution >= 4 is 35.0 Å². The van der Waals surface area contributed by atoms with Crippen LogP contribution in [0.4, 0.5) is 10.1 Å². The van der Waals surface area contributed by atoms with E-state index in [1.807, 2.05) is 0 Å². The highest BCUT2D eigenvalue weighted by molar-refractivity contribution is 6.30. The number of carbonyl (C=O) groups is 3. The molecule has 36 heavy (non-hydrogen) atoms. The molecule has 0 atom stereocenters. The molecule has 0 aliphatic rings. The van der Waals surface area contributed by atoms with Crippen LogP contribution in [0.5, 0.6) is 11.5 Å². The van der Waals surface area contributed by atoms with Crippen molar-refractivity contribution in [2.45, 2.75) is 6.54 Å². The standard InChI is InChI=1S/C26H25ClFN3O5/c1-35-22-12-8-21(9-13-22)30-24(32)14-29-25(33)16-31(15-18-2-6-20(28)7-3-18)26(34)17-36-23-10-4-19(27)5-11-23/h2-13H,14-17H2,1H3,(H,29,33)(H,30,32). The molecule has 2 N–H and O–H groups in total. The molecule has 3 amide bonds. The third kappa shape index (κ3) is 8.59. The van der Waals surface area contributed by atoms with Gasteiger partial charge in [0.15, 0.2) is 6.61 Å². The van der Waals surface area contributed by atoms with Gasteiger partial charge in [-0.15, -0.1) is 0 Å². The van der Waals surface area contributed by atoms with E-state index in [1.54, 1.807) is 48.5 Å². The Kier molecular flexibility index (Phi) is 9.64. The molecule has 3 rings (SSSR count). The zero-order chi connectivity index (χ0) is 25.9. The van der Waals surface area contributed by atoms with Crippen molar-refractivity contribution in [1.82, 2.24) is 10.2 Å². The van der Waals surface area contributed by atoms with E-state index in [-0.39, 0.29) is 26.2 Å². The maximum absolute atomic E-state index is 13.3. The van der Waals surface area contributed by atoms with Crippen LogP contribution in [0, 0.1) is 5.82 Å². The average molecular weight is 514 g/mol. The zero-order valence-electron chi connectivity index (χ0n) is 19.5. The Labute approximate surface area is 213 Å². The minimum atomic E-state index is -0.540. The van der Waals surface area contributed by atoms with Gasteiger partial charge in [-0.3, -0.25) is 14.4 Å². The van der Waals surface area contributed by atoms with E-state index in [1.165, 1.54) is 36.3 Å². The average Bonchev–Trinajstić information content (AvgIpc) is 2.88. The summed E-state index contributed by atoms with van der Waals surface area (Å²) in [6.07, 6.45) is 0. The summed E-state index contributed by atoms with van der Waals surface area (Å²) in [5.74, 6) is -0.769. The fourth-order valence-corrected chi connectivity index (χ4v) is 3.22. The molecule has 0 spiro atoms. The van der Waals surface area contributed by atoms with Crippen molar-refractivity contribution in [2.24, 2.45) is 0 Å². The van der Waals surface area contributed by atoms with E-state index < -0.39 is 23.5 Å². The Hall–Kier alpha value is -4.11. The molecule has 188 valence electrons. The lowest BCUT2D eigenvalue weighted by Gasteiger charge is -2.22. The number of rotatable bonds is 11. The molecule has 0 saturated carbocycles. The summed E-state index contributed by atoms with van der Waals surface area (Å²) in [6.45, 7) is -0.886. The highest BCUT2D eigenvalue weighted by Gasteiger charge is 2.19. The lowest BCUT2D eigenvalue weighted by Crippen LogP contribution is -2.44. The normalized spacial score (nSPS) is 10.3. The molecule has 0 aliphatic carbocycles.